The van der Waals surface area contributed by atoms with Crippen molar-refractivity contribution in [2.45, 2.75) is 18.2 Å². The van der Waals surface area contributed by atoms with Crippen molar-refractivity contribution in [2.24, 2.45) is 5.73 Å². The van der Waals surface area contributed by atoms with Crippen LogP contribution in [0.3, 0.4) is 0 Å². The Labute approximate surface area is 125 Å². The summed E-state index contributed by atoms with van der Waals surface area (Å²) >= 11 is 1.43. The first-order valence-corrected chi connectivity index (χ1v) is 9.07. The molecular weight excluding hydrogens is 312 g/mol. The molecule has 0 aliphatic carbocycles. The lowest BCUT2D eigenvalue weighted by Crippen LogP contribution is -2.26. The van der Waals surface area contributed by atoms with Crippen molar-refractivity contribution in [2.75, 3.05) is 11.6 Å². The highest BCUT2D eigenvalue weighted by Gasteiger charge is 2.33. The molecule has 112 valence electrons. The first kappa shape index (κ1) is 14.1. The molecule has 1 aliphatic rings. The quantitative estimate of drug-likeness (QED) is 0.756. The van der Waals surface area contributed by atoms with Gasteiger partial charge in [0.25, 0.3) is 0 Å². The summed E-state index contributed by atoms with van der Waals surface area (Å²) in [6.45, 7) is 0. The summed E-state index contributed by atoms with van der Waals surface area (Å²) in [6.07, 6.45) is 1.70. The van der Waals surface area contributed by atoms with Gasteiger partial charge in [0.2, 0.25) is 5.91 Å². The Hall–Kier alpha value is -1.87. The van der Waals surface area contributed by atoms with Gasteiger partial charge in [0, 0.05) is 23.1 Å². The molecule has 7 nitrogen and oxygen atoms in total. The monoisotopic (exact) mass is 326 g/mol. The predicted molar refractivity (Wildman–Crippen MR) is 80.8 cm³/mol. The van der Waals surface area contributed by atoms with Gasteiger partial charge in [-0.2, -0.15) is 5.10 Å². The second kappa shape index (κ2) is 4.85. The van der Waals surface area contributed by atoms with E-state index in [0.717, 1.165) is 16.1 Å². The number of aromatic nitrogens is 2. The highest BCUT2D eigenvalue weighted by Crippen LogP contribution is 2.38. The first-order valence-electron chi connectivity index (χ1n) is 6.24. The number of carbonyl (C=O) groups is 1. The number of anilines is 1. The summed E-state index contributed by atoms with van der Waals surface area (Å²) in [7, 11) is -3.19. The molecule has 1 unspecified atom stereocenters. The fraction of sp³-hybridized carbons (Fsp3) is 0.333. The van der Waals surface area contributed by atoms with Crippen molar-refractivity contribution in [3.8, 4) is 11.3 Å². The maximum Gasteiger partial charge on any atom is 0.222 e. The van der Waals surface area contributed by atoms with Crippen LogP contribution in [0.1, 0.15) is 10.6 Å². The van der Waals surface area contributed by atoms with Crippen LogP contribution in [-0.2, 0) is 27.5 Å². The van der Waals surface area contributed by atoms with Crippen molar-refractivity contribution >= 4 is 32.8 Å². The van der Waals surface area contributed by atoms with E-state index in [1.807, 2.05) is 11.4 Å². The van der Waals surface area contributed by atoms with Crippen molar-refractivity contribution in [1.82, 2.24) is 10.2 Å². The lowest BCUT2D eigenvalue weighted by Gasteiger charge is -2.09. The minimum atomic E-state index is -3.19. The van der Waals surface area contributed by atoms with Gasteiger partial charge in [0.05, 0.1) is 17.8 Å². The Morgan fingerprint density at radius 3 is 3.00 bits per heavy atom. The van der Waals surface area contributed by atoms with Crippen molar-refractivity contribution in [3.05, 3.63) is 22.0 Å². The molecule has 0 saturated heterocycles. The third-order valence-electron chi connectivity index (χ3n) is 3.39. The van der Waals surface area contributed by atoms with Crippen LogP contribution in [0.15, 0.2) is 11.4 Å². The van der Waals surface area contributed by atoms with Gasteiger partial charge in [-0.15, -0.1) is 11.3 Å². The zero-order valence-corrected chi connectivity index (χ0v) is 12.8. The summed E-state index contributed by atoms with van der Waals surface area (Å²) in [5.41, 5.74) is 8.13. The van der Waals surface area contributed by atoms with E-state index in [4.69, 9.17) is 5.73 Å². The van der Waals surface area contributed by atoms with Crippen LogP contribution in [0.25, 0.3) is 11.3 Å². The molecule has 0 fully saturated rings. The number of hydrogen-bond donors (Lipinski definition) is 3. The second-order valence-electron chi connectivity index (χ2n) is 4.99. The molecule has 0 radical (unpaired) electrons. The van der Waals surface area contributed by atoms with Gasteiger partial charge in [-0.25, -0.2) is 8.42 Å². The van der Waals surface area contributed by atoms with Crippen molar-refractivity contribution in [3.63, 3.8) is 0 Å². The Morgan fingerprint density at radius 1 is 1.57 bits per heavy atom. The Balaban J connectivity index is 1.98. The van der Waals surface area contributed by atoms with E-state index in [-0.39, 0.29) is 6.42 Å². The Morgan fingerprint density at radius 2 is 2.33 bits per heavy atom. The lowest BCUT2D eigenvalue weighted by molar-refractivity contribution is -0.117. The van der Waals surface area contributed by atoms with Crippen molar-refractivity contribution in [1.29, 1.82) is 0 Å². The highest BCUT2D eigenvalue weighted by atomic mass is 32.2. The second-order valence-corrected chi connectivity index (χ2v) is 8.22. The third kappa shape index (κ3) is 2.54. The summed E-state index contributed by atoms with van der Waals surface area (Å²) in [4.78, 5) is 11.9. The number of carbonyl (C=O) groups excluding carboxylic acids is 1. The van der Waals surface area contributed by atoms with Crippen LogP contribution in [0.4, 0.5) is 5.69 Å². The van der Waals surface area contributed by atoms with Crippen LogP contribution in [0, 0.1) is 0 Å². The van der Waals surface area contributed by atoms with Crippen molar-refractivity contribution < 1.29 is 13.2 Å². The molecule has 1 aliphatic heterocycles. The van der Waals surface area contributed by atoms with E-state index in [2.05, 4.69) is 15.5 Å². The predicted octanol–water partition coefficient (Wildman–Crippen LogP) is 0.505. The number of nitrogens with zero attached hydrogens (tertiary/aromatic N) is 1. The summed E-state index contributed by atoms with van der Waals surface area (Å²) in [5.74, 6) is -0.409. The minimum Gasteiger partial charge on any atom is -0.369 e. The fourth-order valence-corrected chi connectivity index (χ4v) is 4.07. The topological polar surface area (TPSA) is 118 Å². The fourth-order valence-electron chi connectivity index (χ4n) is 2.38. The number of sulfone groups is 1. The first-order chi connectivity index (χ1) is 9.86. The van der Waals surface area contributed by atoms with E-state index >= 15 is 0 Å². The molecule has 2 aromatic heterocycles. The smallest absolute Gasteiger partial charge is 0.222 e. The number of hydrogen-bond acceptors (Lipinski definition) is 6. The number of H-pyrrole nitrogens is 1. The molecular formula is C12H14N4O3S2. The third-order valence-corrected chi connectivity index (χ3v) is 5.63. The maximum atomic E-state index is 11.7. The molecule has 21 heavy (non-hydrogen) atoms. The van der Waals surface area contributed by atoms with Gasteiger partial charge in [-0.1, -0.05) is 0 Å². The zero-order chi connectivity index (χ0) is 15.2. The Kier molecular flexibility index (Phi) is 3.25. The standard InChI is InChI=1S/C12H14N4O3S2/c1-21(18,19)10-4-7-12(14-10)11(16-15-7)6-2-3-20-8(6)5-9(13)17/h2-3,10,14H,4-5H2,1H3,(H2,13,17)(H,15,16). The molecule has 0 spiro atoms. The number of fused-ring (bicyclic) bond motifs is 1. The van der Waals surface area contributed by atoms with Crippen LogP contribution in [-0.4, -0.2) is 36.2 Å². The summed E-state index contributed by atoms with van der Waals surface area (Å²) < 4.78 is 23.3. The molecule has 4 N–H and O–H groups in total. The molecule has 3 rings (SSSR count). The molecule has 3 heterocycles. The van der Waals surface area contributed by atoms with Gasteiger partial charge in [0.15, 0.2) is 9.84 Å². The largest absolute Gasteiger partial charge is 0.369 e. The van der Waals surface area contributed by atoms with E-state index < -0.39 is 21.1 Å². The van der Waals surface area contributed by atoms with Crippen LogP contribution in [0.5, 0.6) is 0 Å². The maximum absolute atomic E-state index is 11.7. The van der Waals surface area contributed by atoms with E-state index in [1.165, 1.54) is 17.6 Å². The molecule has 1 amide bonds. The van der Waals surface area contributed by atoms with E-state index in [1.54, 1.807) is 0 Å². The molecule has 0 bridgehead atoms. The number of nitrogens with two attached hydrogens (primary N) is 1. The summed E-state index contributed by atoms with van der Waals surface area (Å²) in [5, 5.41) is 11.3. The van der Waals surface area contributed by atoms with Gasteiger partial charge in [-0.3, -0.25) is 9.89 Å². The van der Waals surface area contributed by atoms with Crippen LogP contribution < -0.4 is 11.1 Å². The zero-order valence-electron chi connectivity index (χ0n) is 11.2. The number of rotatable bonds is 4. The minimum absolute atomic E-state index is 0.143. The van der Waals surface area contributed by atoms with Gasteiger partial charge in [0.1, 0.15) is 11.1 Å². The van der Waals surface area contributed by atoms with E-state index in [0.29, 0.717) is 17.8 Å². The number of nitrogens with one attached hydrogen (secondary N) is 2. The highest BCUT2D eigenvalue weighted by molar-refractivity contribution is 7.91. The summed E-state index contributed by atoms with van der Waals surface area (Å²) in [6, 6.07) is 1.86. The molecule has 1 atom stereocenters. The molecule has 0 aromatic carbocycles. The van der Waals surface area contributed by atoms with E-state index in [9.17, 15) is 13.2 Å². The normalized spacial score (nSPS) is 17.5. The van der Waals surface area contributed by atoms with Gasteiger partial charge >= 0.3 is 0 Å². The number of thiophene rings is 1. The van der Waals surface area contributed by atoms with Crippen LogP contribution >= 0.6 is 11.3 Å². The number of amides is 1. The Bertz CT molecular complexity index is 806. The lowest BCUT2D eigenvalue weighted by atomic mass is 10.1. The SMILES string of the molecule is CS(=O)(=O)C1Cc2[nH]nc(-c3ccsc3CC(N)=O)c2N1. The average Bonchev–Trinajstić information content (AvgIpc) is 3.00. The number of primary amides is 1. The average molecular weight is 326 g/mol. The molecule has 2 aromatic rings. The van der Waals surface area contributed by atoms with Crippen LogP contribution in [0.2, 0.25) is 0 Å². The van der Waals surface area contributed by atoms with Gasteiger partial charge in [-0.05, 0) is 11.4 Å². The molecule has 9 heteroatoms. The molecule has 0 saturated carbocycles. The van der Waals surface area contributed by atoms with Gasteiger partial charge < -0.3 is 11.1 Å². The number of aromatic amines is 1.